The maximum atomic E-state index is 11.4. The van der Waals surface area contributed by atoms with Gasteiger partial charge in [0, 0.05) is 6.42 Å². The number of Topliss-reactive ketones (excluding diaryl/α,β-unsaturated/α-hetero) is 1. The molecule has 3 nitrogen and oxygen atoms in total. The van der Waals surface area contributed by atoms with Crippen LogP contribution in [0.4, 0.5) is 0 Å². The quantitative estimate of drug-likeness (QED) is 0.539. The highest BCUT2D eigenvalue weighted by molar-refractivity contribution is 5.95. The Balaban J connectivity index is 2.19. The number of furan rings is 1. The van der Waals surface area contributed by atoms with Gasteiger partial charge in [0.05, 0.1) is 11.8 Å². The zero-order valence-corrected chi connectivity index (χ0v) is 7.66. The molecule has 0 saturated heterocycles. The summed E-state index contributed by atoms with van der Waals surface area (Å²) in [5.74, 6) is 0.158. The molecule has 0 spiro atoms. The highest BCUT2D eigenvalue weighted by Crippen LogP contribution is 2.08. The van der Waals surface area contributed by atoms with Crippen molar-refractivity contribution in [1.29, 1.82) is 0 Å². The van der Waals surface area contributed by atoms with E-state index in [1.165, 1.54) is 12.5 Å². The van der Waals surface area contributed by atoms with Crippen LogP contribution in [-0.2, 0) is 0 Å². The van der Waals surface area contributed by atoms with Crippen molar-refractivity contribution < 1.29 is 9.21 Å². The summed E-state index contributed by atoms with van der Waals surface area (Å²) in [6, 6.07) is 1.70. The van der Waals surface area contributed by atoms with E-state index in [0.717, 1.165) is 19.3 Å². The van der Waals surface area contributed by atoms with Gasteiger partial charge in [-0.15, -0.1) is 0 Å². The molecule has 1 aromatic rings. The summed E-state index contributed by atoms with van der Waals surface area (Å²) in [7, 11) is 0. The summed E-state index contributed by atoms with van der Waals surface area (Å²) in [6.45, 7) is 0.708. The average Bonchev–Trinajstić information content (AvgIpc) is 2.65. The van der Waals surface area contributed by atoms with Crippen LogP contribution in [0.5, 0.6) is 0 Å². The van der Waals surface area contributed by atoms with Gasteiger partial charge in [-0.05, 0) is 25.5 Å². The van der Waals surface area contributed by atoms with Gasteiger partial charge in [0.1, 0.15) is 6.26 Å². The molecule has 0 radical (unpaired) electrons. The van der Waals surface area contributed by atoms with E-state index in [9.17, 15) is 4.79 Å². The lowest BCUT2D eigenvalue weighted by Gasteiger charge is -1.97. The molecule has 0 fully saturated rings. The Kier molecular flexibility index (Phi) is 4.26. The van der Waals surface area contributed by atoms with Gasteiger partial charge in [0.25, 0.3) is 0 Å². The van der Waals surface area contributed by atoms with Crippen LogP contribution in [-0.4, -0.2) is 12.3 Å². The summed E-state index contributed by atoms with van der Waals surface area (Å²) in [6.07, 6.45) is 6.55. The smallest absolute Gasteiger partial charge is 0.166 e. The SMILES string of the molecule is NCCCCCC(=O)c1ccoc1. The van der Waals surface area contributed by atoms with Crippen molar-refractivity contribution in [1.82, 2.24) is 0 Å². The van der Waals surface area contributed by atoms with Crippen molar-refractivity contribution >= 4 is 5.78 Å². The van der Waals surface area contributed by atoms with E-state index in [1.54, 1.807) is 6.07 Å². The molecule has 0 atom stereocenters. The Morgan fingerprint density at radius 1 is 1.38 bits per heavy atom. The van der Waals surface area contributed by atoms with Crippen LogP contribution in [0.1, 0.15) is 36.0 Å². The second-order valence-corrected chi connectivity index (χ2v) is 3.03. The molecule has 0 aliphatic heterocycles. The third-order valence-corrected chi connectivity index (χ3v) is 1.95. The summed E-state index contributed by atoms with van der Waals surface area (Å²) in [5, 5.41) is 0. The zero-order chi connectivity index (χ0) is 9.52. The molecule has 0 aliphatic rings. The minimum atomic E-state index is 0.158. The van der Waals surface area contributed by atoms with Gasteiger partial charge < -0.3 is 10.2 Å². The third kappa shape index (κ3) is 3.42. The second kappa shape index (κ2) is 5.54. The molecule has 1 aromatic heterocycles. The highest BCUT2D eigenvalue weighted by atomic mass is 16.3. The molecule has 0 bridgehead atoms. The van der Waals surface area contributed by atoms with Gasteiger partial charge in [0.15, 0.2) is 5.78 Å². The van der Waals surface area contributed by atoms with Crippen LogP contribution in [0.2, 0.25) is 0 Å². The monoisotopic (exact) mass is 181 g/mol. The minimum Gasteiger partial charge on any atom is -0.472 e. The minimum absolute atomic E-state index is 0.158. The van der Waals surface area contributed by atoms with Gasteiger partial charge in [0.2, 0.25) is 0 Å². The van der Waals surface area contributed by atoms with Crippen molar-refractivity contribution in [2.24, 2.45) is 5.73 Å². The topological polar surface area (TPSA) is 56.2 Å². The fourth-order valence-corrected chi connectivity index (χ4v) is 1.17. The Morgan fingerprint density at radius 3 is 2.85 bits per heavy atom. The molecule has 1 rings (SSSR count). The first kappa shape index (κ1) is 9.99. The Labute approximate surface area is 77.9 Å². The van der Waals surface area contributed by atoms with E-state index >= 15 is 0 Å². The fraction of sp³-hybridized carbons (Fsp3) is 0.500. The van der Waals surface area contributed by atoms with Crippen LogP contribution in [0.3, 0.4) is 0 Å². The van der Waals surface area contributed by atoms with E-state index < -0.39 is 0 Å². The maximum absolute atomic E-state index is 11.4. The highest BCUT2D eigenvalue weighted by Gasteiger charge is 2.05. The Bertz CT molecular complexity index is 241. The normalized spacial score (nSPS) is 10.2. The predicted molar refractivity (Wildman–Crippen MR) is 50.6 cm³/mol. The zero-order valence-electron chi connectivity index (χ0n) is 7.66. The van der Waals surface area contributed by atoms with E-state index in [4.69, 9.17) is 10.2 Å². The van der Waals surface area contributed by atoms with Crippen molar-refractivity contribution in [2.45, 2.75) is 25.7 Å². The Hall–Kier alpha value is -1.09. The largest absolute Gasteiger partial charge is 0.472 e. The van der Waals surface area contributed by atoms with Gasteiger partial charge in [-0.1, -0.05) is 6.42 Å². The first-order chi connectivity index (χ1) is 6.34. The van der Waals surface area contributed by atoms with Gasteiger partial charge in [-0.25, -0.2) is 0 Å². The van der Waals surface area contributed by atoms with Crippen molar-refractivity contribution in [3.8, 4) is 0 Å². The molecule has 13 heavy (non-hydrogen) atoms. The maximum Gasteiger partial charge on any atom is 0.166 e. The fourth-order valence-electron chi connectivity index (χ4n) is 1.17. The summed E-state index contributed by atoms with van der Waals surface area (Å²) in [4.78, 5) is 11.4. The first-order valence-electron chi connectivity index (χ1n) is 4.60. The summed E-state index contributed by atoms with van der Waals surface area (Å²) in [5.41, 5.74) is 6.01. The van der Waals surface area contributed by atoms with Crippen LogP contribution >= 0.6 is 0 Å². The lowest BCUT2D eigenvalue weighted by atomic mass is 10.1. The summed E-state index contributed by atoms with van der Waals surface area (Å²) < 4.78 is 4.82. The number of hydrogen-bond acceptors (Lipinski definition) is 3. The van der Waals surface area contributed by atoms with E-state index in [2.05, 4.69) is 0 Å². The number of carbonyl (C=O) groups is 1. The molecule has 1 heterocycles. The van der Waals surface area contributed by atoms with Crippen molar-refractivity contribution in [3.05, 3.63) is 24.2 Å². The molecule has 0 aromatic carbocycles. The predicted octanol–water partition coefficient (Wildman–Crippen LogP) is 1.98. The molecule has 72 valence electrons. The summed E-state index contributed by atoms with van der Waals surface area (Å²) >= 11 is 0. The lowest BCUT2D eigenvalue weighted by molar-refractivity contribution is 0.0978. The van der Waals surface area contributed by atoms with Crippen LogP contribution in [0.25, 0.3) is 0 Å². The van der Waals surface area contributed by atoms with Crippen LogP contribution in [0, 0.1) is 0 Å². The van der Waals surface area contributed by atoms with Gasteiger partial charge in [-0.3, -0.25) is 4.79 Å². The Morgan fingerprint density at radius 2 is 2.23 bits per heavy atom. The second-order valence-electron chi connectivity index (χ2n) is 3.03. The number of hydrogen-bond donors (Lipinski definition) is 1. The third-order valence-electron chi connectivity index (χ3n) is 1.95. The number of unbranched alkanes of at least 4 members (excludes halogenated alkanes) is 2. The molecule has 0 saturated carbocycles. The number of carbonyl (C=O) groups excluding carboxylic acids is 1. The molecule has 0 aliphatic carbocycles. The first-order valence-corrected chi connectivity index (χ1v) is 4.60. The van der Waals surface area contributed by atoms with Gasteiger partial charge >= 0.3 is 0 Å². The standard InChI is InChI=1S/C10H15NO2/c11-6-3-1-2-4-10(12)9-5-7-13-8-9/h5,7-8H,1-4,6,11H2. The van der Waals surface area contributed by atoms with Crippen LogP contribution < -0.4 is 5.73 Å². The van der Waals surface area contributed by atoms with Crippen molar-refractivity contribution in [2.75, 3.05) is 6.54 Å². The lowest BCUT2D eigenvalue weighted by Crippen LogP contribution is -2.00. The molecule has 2 N–H and O–H groups in total. The van der Waals surface area contributed by atoms with Gasteiger partial charge in [-0.2, -0.15) is 0 Å². The number of ketones is 1. The molecular weight excluding hydrogens is 166 g/mol. The molecule has 0 amide bonds. The van der Waals surface area contributed by atoms with E-state index in [-0.39, 0.29) is 5.78 Å². The van der Waals surface area contributed by atoms with Crippen molar-refractivity contribution in [3.63, 3.8) is 0 Å². The molecule has 0 unspecified atom stereocenters. The average molecular weight is 181 g/mol. The van der Waals surface area contributed by atoms with E-state index in [1.807, 2.05) is 0 Å². The van der Waals surface area contributed by atoms with Crippen LogP contribution in [0.15, 0.2) is 23.0 Å². The van der Waals surface area contributed by atoms with E-state index in [0.29, 0.717) is 18.5 Å². The number of rotatable bonds is 6. The molecule has 3 heteroatoms. The number of nitrogens with two attached hydrogens (primary N) is 1. The molecular formula is C10H15NO2.